The molecule has 1 amide bonds. The SMILES string of the molecule is CCc1ccc(NC(=O)C[C@H](C)n2cccc2)cc1S(N)(=O)=O. The fraction of sp³-hybridized carbons (Fsp3) is 0.312. The van der Waals surface area contributed by atoms with Crippen molar-refractivity contribution >= 4 is 21.6 Å². The number of rotatable bonds is 6. The van der Waals surface area contributed by atoms with E-state index in [1.54, 1.807) is 12.1 Å². The fourth-order valence-corrected chi connectivity index (χ4v) is 3.29. The summed E-state index contributed by atoms with van der Waals surface area (Å²) in [5.74, 6) is -0.184. The first-order valence-electron chi connectivity index (χ1n) is 7.39. The molecule has 0 aliphatic heterocycles. The summed E-state index contributed by atoms with van der Waals surface area (Å²) in [4.78, 5) is 12.2. The predicted molar refractivity (Wildman–Crippen MR) is 89.6 cm³/mol. The number of nitrogens with zero attached hydrogens (tertiary/aromatic N) is 1. The number of aryl methyl sites for hydroxylation is 1. The Hall–Kier alpha value is -2.12. The van der Waals surface area contributed by atoms with Gasteiger partial charge in [0.05, 0.1) is 4.90 Å². The number of carbonyl (C=O) groups is 1. The maximum Gasteiger partial charge on any atom is 0.238 e. The number of primary sulfonamides is 1. The molecule has 0 unspecified atom stereocenters. The summed E-state index contributed by atoms with van der Waals surface area (Å²) in [6, 6.07) is 8.58. The van der Waals surface area contributed by atoms with Gasteiger partial charge in [-0.05, 0) is 43.2 Å². The Morgan fingerprint density at radius 3 is 2.52 bits per heavy atom. The molecule has 1 aromatic heterocycles. The van der Waals surface area contributed by atoms with E-state index < -0.39 is 10.0 Å². The molecule has 0 aliphatic carbocycles. The van der Waals surface area contributed by atoms with Crippen molar-refractivity contribution in [2.45, 2.75) is 37.6 Å². The van der Waals surface area contributed by atoms with Crippen molar-refractivity contribution in [1.82, 2.24) is 4.57 Å². The molecule has 0 aliphatic rings. The molecule has 2 aromatic rings. The molecule has 1 atom stereocenters. The third kappa shape index (κ3) is 4.43. The molecule has 3 N–H and O–H groups in total. The van der Waals surface area contributed by atoms with Gasteiger partial charge in [-0.1, -0.05) is 13.0 Å². The van der Waals surface area contributed by atoms with Gasteiger partial charge in [-0.25, -0.2) is 13.6 Å². The lowest BCUT2D eigenvalue weighted by Crippen LogP contribution is -2.18. The smallest absolute Gasteiger partial charge is 0.238 e. The molecule has 0 fully saturated rings. The van der Waals surface area contributed by atoms with E-state index in [0.29, 0.717) is 17.7 Å². The van der Waals surface area contributed by atoms with Gasteiger partial charge in [0.15, 0.2) is 0 Å². The van der Waals surface area contributed by atoms with Crippen molar-refractivity contribution < 1.29 is 13.2 Å². The van der Waals surface area contributed by atoms with Gasteiger partial charge >= 0.3 is 0 Å². The van der Waals surface area contributed by atoms with Crippen LogP contribution in [0.4, 0.5) is 5.69 Å². The number of benzene rings is 1. The molecule has 6 nitrogen and oxygen atoms in total. The number of hydrogen-bond acceptors (Lipinski definition) is 3. The minimum atomic E-state index is -3.82. The summed E-state index contributed by atoms with van der Waals surface area (Å²) < 4.78 is 25.2. The summed E-state index contributed by atoms with van der Waals surface area (Å²) in [5, 5.41) is 7.96. The Bertz CT molecular complexity index is 783. The zero-order valence-corrected chi connectivity index (χ0v) is 14.0. The van der Waals surface area contributed by atoms with E-state index >= 15 is 0 Å². The van der Waals surface area contributed by atoms with Crippen LogP contribution in [0.15, 0.2) is 47.6 Å². The van der Waals surface area contributed by atoms with Crippen LogP contribution in [-0.4, -0.2) is 18.9 Å². The van der Waals surface area contributed by atoms with E-state index in [-0.39, 0.29) is 23.3 Å². The average Bonchev–Trinajstić information content (AvgIpc) is 3.00. The van der Waals surface area contributed by atoms with Crippen LogP contribution in [0.1, 0.15) is 31.9 Å². The molecule has 1 heterocycles. The third-order valence-electron chi connectivity index (χ3n) is 3.66. The van der Waals surface area contributed by atoms with Crippen LogP contribution in [0.3, 0.4) is 0 Å². The van der Waals surface area contributed by atoms with Crippen LogP contribution < -0.4 is 10.5 Å². The van der Waals surface area contributed by atoms with E-state index in [1.807, 2.05) is 42.9 Å². The first-order valence-corrected chi connectivity index (χ1v) is 8.94. The molecule has 2 rings (SSSR count). The highest BCUT2D eigenvalue weighted by Crippen LogP contribution is 2.21. The summed E-state index contributed by atoms with van der Waals surface area (Å²) in [5.41, 5.74) is 1.06. The first-order chi connectivity index (χ1) is 10.8. The van der Waals surface area contributed by atoms with Crippen molar-refractivity contribution in [3.63, 3.8) is 0 Å². The van der Waals surface area contributed by atoms with E-state index in [4.69, 9.17) is 5.14 Å². The van der Waals surface area contributed by atoms with Crippen molar-refractivity contribution in [2.24, 2.45) is 5.14 Å². The van der Waals surface area contributed by atoms with Gasteiger partial charge in [0.25, 0.3) is 0 Å². The number of carbonyl (C=O) groups excluding carboxylic acids is 1. The molecule has 7 heteroatoms. The molecule has 0 bridgehead atoms. The second-order valence-electron chi connectivity index (χ2n) is 5.45. The Morgan fingerprint density at radius 1 is 1.30 bits per heavy atom. The highest BCUT2D eigenvalue weighted by Gasteiger charge is 2.15. The largest absolute Gasteiger partial charge is 0.351 e. The van der Waals surface area contributed by atoms with Crippen LogP contribution in [0.25, 0.3) is 0 Å². The lowest BCUT2D eigenvalue weighted by molar-refractivity contribution is -0.116. The van der Waals surface area contributed by atoms with Gasteiger partial charge in [0.2, 0.25) is 15.9 Å². The summed E-state index contributed by atoms with van der Waals surface area (Å²) in [7, 11) is -3.82. The lowest BCUT2D eigenvalue weighted by atomic mass is 10.1. The van der Waals surface area contributed by atoms with E-state index in [0.717, 1.165) is 0 Å². The highest BCUT2D eigenvalue weighted by molar-refractivity contribution is 7.89. The number of hydrogen-bond donors (Lipinski definition) is 2. The number of anilines is 1. The molecule has 0 saturated carbocycles. The number of nitrogens with two attached hydrogens (primary N) is 1. The van der Waals surface area contributed by atoms with Gasteiger partial charge in [-0.2, -0.15) is 0 Å². The Morgan fingerprint density at radius 2 is 1.96 bits per heavy atom. The van der Waals surface area contributed by atoms with Gasteiger partial charge in [-0.15, -0.1) is 0 Å². The Balaban J connectivity index is 2.12. The number of nitrogens with one attached hydrogen (secondary N) is 1. The van der Waals surface area contributed by atoms with Crippen LogP contribution in [0.5, 0.6) is 0 Å². The number of amides is 1. The van der Waals surface area contributed by atoms with Gasteiger partial charge in [0.1, 0.15) is 0 Å². The van der Waals surface area contributed by atoms with Crippen molar-refractivity contribution in [3.05, 3.63) is 48.3 Å². The van der Waals surface area contributed by atoms with Crippen LogP contribution in [0.2, 0.25) is 0 Å². The second kappa shape index (κ2) is 6.97. The van der Waals surface area contributed by atoms with Crippen molar-refractivity contribution in [3.8, 4) is 0 Å². The van der Waals surface area contributed by atoms with Crippen molar-refractivity contribution in [2.75, 3.05) is 5.32 Å². The van der Waals surface area contributed by atoms with E-state index in [1.165, 1.54) is 6.07 Å². The minimum absolute atomic E-state index is 0.0117. The summed E-state index contributed by atoms with van der Waals surface area (Å²) in [6.45, 7) is 3.79. The molecule has 23 heavy (non-hydrogen) atoms. The third-order valence-corrected chi connectivity index (χ3v) is 4.65. The molecule has 1 aromatic carbocycles. The predicted octanol–water partition coefficient (Wildman–Crippen LogP) is 2.29. The van der Waals surface area contributed by atoms with Crippen LogP contribution in [-0.2, 0) is 21.2 Å². The first kappa shape index (κ1) is 17.2. The van der Waals surface area contributed by atoms with Crippen LogP contribution >= 0.6 is 0 Å². The maximum atomic E-state index is 12.1. The quantitative estimate of drug-likeness (QED) is 0.848. The van der Waals surface area contributed by atoms with Gasteiger partial charge < -0.3 is 9.88 Å². The summed E-state index contributed by atoms with van der Waals surface area (Å²) in [6.07, 6.45) is 4.62. The molecule has 124 valence electrons. The Kier molecular flexibility index (Phi) is 5.23. The maximum absolute atomic E-state index is 12.1. The zero-order valence-electron chi connectivity index (χ0n) is 13.2. The molecule has 0 saturated heterocycles. The molecule has 0 radical (unpaired) electrons. The van der Waals surface area contributed by atoms with E-state index in [9.17, 15) is 13.2 Å². The van der Waals surface area contributed by atoms with Gasteiger partial charge in [0, 0.05) is 30.5 Å². The molecular weight excluding hydrogens is 314 g/mol. The lowest BCUT2D eigenvalue weighted by Gasteiger charge is -2.14. The second-order valence-corrected chi connectivity index (χ2v) is 6.98. The summed E-state index contributed by atoms with van der Waals surface area (Å²) >= 11 is 0. The van der Waals surface area contributed by atoms with E-state index in [2.05, 4.69) is 5.32 Å². The Labute approximate surface area is 136 Å². The van der Waals surface area contributed by atoms with Gasteiger partial charge in [-0.3, -0.25) is 4.79 Å². The number of sulfonamides is 1. The minimum Gasteiger partial charge on any atom is -0.351 e. The number of aromatic nitrogens is 1. The monoisotopic (exact) mass is 335 g/mol. The average molecular weight is 335 g/mol. The fourth-order valence-electron chi connectivity index (χ4n) is 2.42. The zero-order chi connectivity index (χ0) is 17.0. The van der Waals surface area contributed by atoms with Crippen molar-refractivity contribution in [1.29, 1.82) is 0 Å². The molecular formula is C16H21N3O3S. The standard InChI is InChI=1S/C16H21N3O3S/c1-3-13-6-7-14(11-15(13)23(17,21)22)18-16(20)10-12(2)19-8-4-5-9-19/h4-9,11-12H,3,10H2,1-2H3,(H,18,20)(H2,17,21,22)/t12-/m0/s1. The topological polar surface area (TPSA) is 94.2 Å². The normalized spacial score (nSPS) is 12.8. The van der Waals surface area contributed by atoms with Crippen LogP contribution in [0, 0.1) is 0 Å². The highest BCUT2D eigenvalue weighted by atomic mass is 32.2. The molecule has 0 spiro atoms.